The largest absolute Gasteiger partial charge is 0.482 e. The third-order valence-corrected chi connectivity index (χ3v) is 4.00. The Balaban J connectivity index is 1.61. The van der Waals surface area contributed by atoms with E-state index in [9.17, 15) is 14.4 Å². The lowest BCUT2D eigenvalue weighted by atomic mass is 10.2. The molecule has 1 aromatic rings. The molecule has 7 heteroatoms. The lowest BCUT2D eigenvalue weighted by Crippen LogP contribution is -2.45. The lowest BCUT2D eigenvalue weighted by molar-refractivity contribution is -0.150. The van der Waals surface area contributed by atoms with E-state index in [1.165, 1.54) is 5.56 Å². The van der Waals surface area contributed by atoms with Gasteiger partial charge in [0.25, 0.3) is 5.91 Å². The molecule has 1 saturated carbocycles. The topological polar surface area (TPSA) is 93.7 Å². The van der Waals surface area contributed by atoms with Crippen molar-refractivity contribution in [1.29, 1.82) is 0 Å². The fourth-order valence-corrected chi connectivity index (χ4v) is 2.61. The van der Waals surface area contributed by atoms with E-state index in [2.05, 4.69) is 10.6 Å². The van der Waals surface area contributed by atoms with Crippen molar-refractivity contribution < 1.29 is 23.9 Å². The van der Waals surface area contributed by atoms with Crippen molar-refractivity contribution in [2.45, 2.75) is 45.1 Å². The lowest BCUT2D eigenvalue weighted by Gasteiger charge is -2.12. The van der Waals surface area contributed by atoms with Crippen LogP contribution in [-0.4, -0.2) is 37.2 Å². The first kappa shape index (κ1) is 18.8. The molecule has 1 fully saturated rings. The summed E-state index contributed by atoms with van der Waals surface area (Å²) in [5.41, 5.74) is 1.17. The van der Waals surface area contributed by atoms with Gasteiger partial charge in [-0.25, -0.2) is 9.59 Å². The van der Waals surface area contributed by atoms with Gasteiger partial charge in [0.15, 0.2) is 13.2 Å². The van der Waals surface area contributed by atoms with E-state index in [0.29, 0.717) is 5.75 Å². The zero-order valence-corrected chi connectivity index (χ0v) is 14.4. The average molecular weight is 348 g/mol. The molecule has 0 bridgehead atoms. The first-order chi connectivity index (χ1) is 12.1. The molecule has 1 aliphatic carbocycles. The van der Waals surface area contributed by atoms with Gasteiger partial charge in [-0.15, -0.1) is 0 Å². The quantitative estimate of drug-likeness (QED) is 0.735. The number of carbonyl (C=O) groups excluding carboxylic acids is 3. The summed E-state index contributed by atoms with van der Waals surface area (Å²) in [6, 6.07) is 6.93. The van der Waals surface area contributed by atoms with Crippen molar-refractivity contribution in [2.75, 3.05) is 13.2 Å². The maximum absolute atomic E-state index is 11.6. The van der Waals surface area contributed by atoms with Gasteiger partial charge in [0.2, 0.25) is 0 Å². The molecule has 1 aromatic carbocycles. The molecule has 0 atom stereocenters. The number of urea groups is 1. The highest BCUT2D eigenvalue weighted by Crippen LogP contribution is 2.17. The van der Waals surface area contributed by atoms with Crippen molar-refractivity contribution in [3.05, 3.63) is 29.8 Å². The standard InChI is InChI=1S/C18H24N2O5/c1-2-13-7-9-15(10-8-13)24-12-17(22)25-11-16(21)20-18(23)19-14-5-3-4-6-14/h7-10,14H,2-6,11-12H2,1H3,(H2,19,20,21,23). The van der Waals surface area contributed by atoms with E-state index in [1.54, 1.807) is 12.1 Å². The molecule has 136 valence electrons. The first-order valence-corrected chi connectivity index (χ1v) is 8.54. The molecular formula is C18H24N2O5. The summed E-state index contributed by atoms with van der Waals surface area (Å²) in [5.74, 6) is -0.795. The maximum Gasteiger partial charge on any atom is 0.344 e. The van der Waals surface area contributed by atoms with E-state index in [4.69, 9.17) is 9.47 Å². The molecule has 7 nitrogen and oxygen atoms in total. The molecular weight excluding hydrogens is 324 g/mol. The second-order valence-electron chi connectivity index (χ2n) is 5.95. The van der Waals surface area contributed by atoms with Gasteiger partial charge in [-0.3, -0.25) is 10.1 Å². The molecule has 0 aliphatic heterocycles. The van der Waals surface area contributed by atoms with Gasteiger partial charge in [0.05, 0.1) is 0 Å². The molecule has 2 N–H and O–H groups in total. The monoisotopic (exact) mass is 348 g/mol. The maximum atomic E-state index is 11.6. The summed E-state index contributed by atoms with van der Waals surface area (Å²) in [7, 11) is 0. The summed E-state index contributed by atoms with van der Waals surface area (Å²) < 4.78 is 10.1. The van der Waals surface area contributed by atoms with Crippen LogP contribution in [0.5, 0.6) is 5.75 Å². The van der Waals surface area contributed by atoms with Crippen LogP contribution in [0.3, 0.4) is 0 Å². The van der Waals surface area contributed by atoms with Crippen LogP contribution in [0.15, 0.2) is 24.3 Å². The van der Waals surface area contributed by atoms with Crippen LogP contribution in [0.25, 0.3) is 0 Å². The van der Waals surface area contributed by atoms with Gasteiger partial charge >= 0.3 is 12.0 Å². The van der Waals surface area contributed by atoms with E-state index in [1.807, 2.05) is 19.1 Å². The van der Waals surface area contributed by atoms with Gasteiger partial charge in [-0.2, -0.15) is 0 Å². The first-order valence-electron chi connectivity index (χ1n) is 8.54. The van der Waals surface area contributed by atoms with E-state index < -0.39 is 24.5 Å². The van der Waals surface area contributed by atoms with Crippen molar-refractivity contribution in [3.8, 4) is 5.75 Å². The van der Waals surface area contributed by atoms with Crippen LogP contribution in [-0.2, 0) is 20.7 Å². The highest BCUT2D eigenvalue weighted by Gasteiger charge is 2.18. The number of carbonyl (C=O) groups is 3. The number of benzene rings is 1. The molecule has 0 aromatic heterocycles. The summed E-state index contributed by atoms with van der Waals surface area (Å²) in [5, 5.41) is 4.86. The second-order valence-corrected chi connectivity index (χ2v) is 5.95. The van der Waals surface area contributed by atoms with Crippen LogP contribution in [0.4, 0.5) is 4.79 Å². The SMILES string of the molecule is CCc1ccc(OCC(=O)OCC(=O)NC(=O)NC2CCCC2)cc1. The molecule has 0 heterocycles. The van der Waals surface area contributed by atoms with Gasteiger partial charge in [-0.1, -0.05) is 31.9 Å². The summed E-state index contributed by atoms with van der Waals surface area (Å²) in [4.78, 5) is 34.8. The second kappa shape index (κ2) is 9.66. The van der Waals surface area contributed by atoms with Gasteiger partial charge in [0, 0.05) is 6.04 Å². The summed E-state index contributed by atoms with van der Waals surface area (Å²) in [6.07, 6.45) is 4.93. The van der Waals surface area contributed by atoms with Crippen LogP contribution >= 0.6 is 0 Å². The minimum absolute atomic E-state index is 0.114. The number of esters is 1. The Hall–Kier alpha value is -2.57. The van der Waals surface area contributed by atoms with Gasteiger partial charge in [0.1, 0.15) is 5.75 Å². The Labute approximate surface area is 147 Å². The molecule has 0 unspecified atom stereocenters. The average Bonchev–Trinajstić information content (AvgIpc) is 3.11. The van der Waals surface area contributed by atoms with Crippen molar-refractivity contribution in [3.63, 3.8) is 0 Å². The number of rotatable bonds is 7. The van der Waals surface area contributed by atoms with Gasteiger partial charge < -0.3 is 14.8 Å². The normalized spacial score (nSPS) is 14.0. The summed E-state index contributed by atoms with van der Waals surface area (Å²) >= 11 is 0. The Morgan fingerprint density at radius 1 is 1.08 bits per heavy atom. The highest BCUT2D eigenvalue weighted by atomic mass is 16.6. The fraction of sp³-hybridized carbons (Fsp3) is 0.500. The number of hydrogen-bond donors (Lipinski definition) is 2. The Bertz CT molecular complexity index is 594. The zero-order valence-electron chi connectivity index (χ0n) is 14.4. The molecule has 0 radical (unpaired) electrons. The highest BCUT2D eigenvalue weighted by molar-refractivity contribution is 5.95. The minimum atomic E-state index is -0.675. The predicted octanol–water partition coefficient (Wildman–Crippen LogP) is 1.94. The fourth-order valence-electron chi connectivity index (χ4n) is 2.61. The Morgan fingerprint density at radius 2 is 1.76 bits per heavy atom. The molecule has 2 rings (SSSR count). The van der Waals surface area contributed by atoms with Gasteiger partial charge in [-0.05, 0) is 37.0 Å². The third-order valence-electron chi connectivity index (χ3n) is 4.00. The number of ether oxygens (including phenoxy) is 2. The van der Waals surface area contributed by atoms with Crippen LogP contribution < -0.4 is 15.4 Å². The van der Waals surface area contributed by atoms with Crippen molar-refractivity contribution >= 4 is 17.9 Å². The van der Waals surface area contributed by atoms with Crippen LogP contribution in [0, 0.1) is 0 Å². The van der Waals surface area contributed by atoms with Crippen molar-refractivity contribution in [2.24, 2.45) is 0 Å². The van der Waals surface area contributed by atoms with Crippen LogP contribution in [0.1, 0.15) is 38.2 Å². The molecule has 25 heavy (non-hydrogen) atoms. The van der Waals surface area contributed by atoms with Crippen LogP contribution in [0.2, 0.25) is 0 Å². The molecule has 3 amide bonds. The smallest absolute Gasteiger partial charge is 0.344 e. The number of hydrogen-bond acceptors (Lipinski definition) is 5. The number of nitrogens with one attached hydrogen (secondary N) is 2. The molecule has 0 saturated heterocycles. The number of amides is 3. The Kier molecular flexibility index (Phi) is 7.25. The molecule has 0 spiro atoms. The summed E-state index contributed by atoms with van der Waals surface area (Å²) in [6.45, 7) is 1.23. The number of imide groups is 1. The zero-order chi connectivity index (χ0) is 18.1. The van der Waals surface area contributed by atoms with Crippen molar-refractivity contribution in [1.82, 2.24) is 10.6 Å². The number of aryl methyl sites for hydroxylation is 1. The Morgan fingerprint density at radius 3 is 2.40 bits per heavy atom. The van der Waals surface area contributed by atoms with E-state index in [0.717, 1.165) is 32.1 Å². The van der Waals surface area contributed by atoms with E-state index >= 15 is 0 Å². The minimum Gasteiger partial charge on any atom is -0.482 e. The van der Waals surface area contributed by atoms with E-state index in [-0.39, 0.29) is 12.6 Å². The predicted molar refractivity (Wildman–Crippen MR) is 91.2 cm³/mol. The third kappa shape index (κ3) is 6.82. The molecule has 1 aliphatic rings.